The first-order valence-electron chi connectivity index (χ1n) is 4.93. The Morgan fingerprint density at radius 3 is 1.94 bits per heavy atom. The van der Waals surface area contributed by atoms with Crippen LogP contribution < -0.4 is 0 Å². The van der Waals surface area contributed by atoms with Gasteiger partial charge in [0.15, 0.2) is 0 Å². The molecule has 0 saturated heterocycles. The van der Waals surface area contributed by atoms with Gasteiger partial charge in [-0.2, -0.15) is 0 Å². The van der Waals surface area contributed by atoms with Crippen molar-refractivity contribution in [2.24, 2.45) is 5.41 Å². The minimum Gasteiger partial charge on any atom is -0.465 e. The van der Waals surface area contributed by atoms with E-state index in [-0.39, 0.29) is 19.6 Å². The number of esters is 2. The van der Waals surface area contributed by atoms with Gasteiger partial charge in [0.05, 0.1) is 13.2 Å². The minimum absolute atomic E-state index is 0.0683. The van der Waals surface area contributed by atoms with E-state index in [9.17, 15) is 14.4 Å². The predicted molar refractivity (Wildman–Crippen MR) is 56.2 cm³/mol. The zero-order valence-electron chi connectivity index (χ0n) is 9.45. The molecule has 0 aromatic carbocycles. The van der Waals surface area contributed by atoms with Gasteiger partial charge in [0.2, 0.25) is 11.7 Å². The number of hydrogen-bond acceptors (Lipinski definition) is 5. The van der Waals surface area contributed by atoms with Gasteiger partial charge in [-0.3, -0.25) is 14.4 Å². The summed E-state index contributed by atoms with van der Waals surface area (Å²) in [5.74, 6) is -1.91. The van der Waals surface area contributed by atoms with E-state index in [0.29, 0.717) is 0 Å². The number of hydrogen-bond donors (Lipinski definition) is 0. The van der Waals surface area contributed by atoms with E-state index in [1.54, 1.807) is 13.8 Å². The highest BCUT2D eigenvalue weighted by atomic mass is 16.6. The average Bonchev–Trinajstić information content (AvgIpc) is 2.26. The minimum atomic E-state index is -2.03. The monoisotopic (exact) mass is 227 g/mol. The molecule has 0 rings (SSSR count). The zero-order chi connectivity index (χ0) is 12.6. The van der Waals surface area contributed by atoms with Gasteiger partial charge in [-0.05, 0) is 20.3 Å². The van der Waals surface area contributed by atoms with Gasteiger partial charge in [0.1, 0.15) is 0 Å². The van der Waals surface area contributed by atoms with Crippen LogP contribution in [0.15, 0.2) is 12.7 Å². The second kappa shape index (κ2) is 6.76. The number of allylic oxidation sites excluding steroid dienone is 1. The smallest absolute Gasteiger partial charge is 0.332 e. The third-order valence-corrected chi connectivity index (χ3v) is 1.87. The van der Waals surface area contributed by atoms with Gasteiger partial charge in [0.25, 0.3) is 0 Å². The van der Waals surface area contributed by atoms with Crippen LogP contribution in [0.3, 0.4) is 0 Å². The molecule has 0 aliphatic rings. The normalized spacial score (nSPS) is 10.4. The van der Waals surface area contributed by atoms with Crippen molar-refractivity contribution in [1.29, 1.82) is 0 Å². The summed E-state index contributed by atoms with van der Waals surface area (Å²) in [6, 6.07) is 0. The molecule has 0 bridgehead atoms. The summed E-state index contributed by atoms with van der Waals surface area (Å²) in [5, 5.41) is 0. The third-order valence-electron chi connectivity index (χ3n) is 1.87. The number of ether oxygens (including phenoxy) is 2. The van der Waals surface area contributed by atoms with Crippen LogP contribution in [-0.4, -0.2) is 31.4 Å². The molecule has 0 aromatic heterocycles. The van der Waals surface area contributed by atoms with Crippen molar-refractivity contribution in [1.82, 2.24) is 0 Å². The van der Waals surface area contributed by atoms with Crippen molar-refractivity contribution >= 4 is 18.2 Å². The zero-order valence-corrected chi connectivity index (χ0v) is 9.45. The second-order valence-electron chi connectivity index (χ2n) is 2.94. The molecular formula is C11H15O5. The molecule has 0 amide bonds. The van der Waals surface area contributed by atoms with Gasteiger partial charge >= 0.3 is 11.9 Å². The molecule has 1 radical (unpaired) electrons. The van der Waals surface area contributed by atoms with Crippen molar-refractivity contribution in [2.75, 3.05) is 13.2 Å². The highest BCUT2D eigenvalue weighted by Gasteiger charge is 2.49. The van der Waals surface area contributed by atoms with Crippen molar-refractivity contribution in [3.05, 3.63) is 12.7 Å². The molecule has 0 N–H and O–H groups in total. The summed E-state index contributed by atoms with van der Waals surface area (Å²) in [6.07, 6.45) is 2.51. The van der Waals surface area contributed by atoms with Crippen LogP contribution in [0.2, 0.25) is 0 Å². The summed E-state index contributed by atoms with van der Waals surface area (Å²) in [6.45, 7) is 6.67. The van der Waals surface area contributed by atoms with Gasteiger partial charge < -0.3 is 9.47 Å². The van der Waals surface area contributed by atoms with Gasteiger partial charge in [-0.25, -0.2) is 0 Å². The molecule has 0 fully saturated rings. The largest absolute Gasteiger partial charge is 0.465 e. The maximum atomic E-state index is 11.6. The van der Waals surface area contributed by atoms with Crippen molar-refractivity contribution in [3.63, 3.8) is 0 Å². The summed E-state index contributed by atoms with van der Waals surface area (Å²) in [4.78, 5) is 34.0. The standard InChI is InChI=1S/C11H15O5/c1-4-7-11(8-12,9(13)15-5-2)10(14)16-6-3/h4H,1,5-7H2,2-3H3. The van der Waals surface area contributed by atoms with E-state index in [1.165, 1.54) is 12.4 Å². The second-order valence-corrected chi connectivity index (χ2v) is 2.94. The van der Waals surface area contributed by atoms with Crippen LogP contribution in [-0.2, 0) is 23.9 Å². The lowest BCUT2D eigenvalue weighted by Crippen LogP contribution is -2.43. The SMILES string of the molecule is C=CCC([C]=O)(C(=O)OCC)C(=O)OCC. The van der Waals surface area contributed by atoms with Crippen LogP contribution >= 0.6 is 0 Å². The fourth-order valence-electron chi connectivity index (χ4n) is 1.10. The molecular weight excluding hydrogens is 212 g/mol. The Labute approximate surface area is 94.4 Å². The van der Waals surface area contributed by atoms with E-state index < -0.39 is 17.4 Å². The highest BCUT2D eigenvalue weighted by Crippen LogP contribution is 2.24. The van der Waals surface area contributed by atoms with Crippen molar-refractivity contribution in [3.8, 4) is 0 Å². The van der Waals surface area contributed by atoms with Crippen LogP contribution in [0, 0.1) is 5.41 Å². The molecule has 89 valence electrons. The molecule has 0 atom stereocenters. The molecule has 5 nitrogen and oxygen atoms in total. The van der Waals surface area contributed by atoms with E-state index >= 15 is 0 Å². The lowest BCUT2D eigenvalue weighted by Gasteiger charge is -2.21. The van der Waals surface area contributed by atoms with E-state index in [0.717, 1.165) is 0 Å². The molecule has 0 heterocycles. The fourth-order valence-corrected chi connectivity index (χ4v) is 1.10. The average molecular weight is 227 g/mol. The summed E-state index contributed by atoms with van der Waals surface area (Å²) < 4.78 is 9.34. The predicted octanol–water partition coefficient (Wildman–Crippen LogP) is 0.785. The van der Waals surface area contributed by atoms with Crippen LogP contribution in [0.5, 0.6) is 0 Å². The van der Waals surface area contributed by atoms with Crippen LogP contribution in [0.25, 0.3) is 0 Å². The first-order valence-corrected chi connectivity index (χ1v) is 4.93. The Balaban J connectivity index is 5.12. The summed E-state index contributed by atoms with van der Waals surface area (Å²) in [7, 11) is 0. The van der Waals surface area contributed by atoms with Gasteiger partial charge in [-0.1, -0.05) is 6.08 Å². The molecule has 0 unspecified atom stereocenters. The topological polar surface area (TPSA) is 69.7 Å². The third kappa shape index (κ3) is 2.92. The number of carbonyl (C=O) groups excluding carboxylic acids is 3. The maximum Gasteiger partial charge on any atom is 0.332 e. The van der Waals surface area contributed by atoms with Crippen molar-refractivity contribution in [2.45, 2.75) is 20.3 Å². The molecule has 0 spiro atoms. The lowest BCUT2D eigenvalue weighted by atomic mass is 9.86. The Morgan fingerprint density at radius 1 is 1.25 bits per heavy atom. The van der Waals surface area contributed by atoms with Crippen LogP contribution in [0.4, 0.5) is 0 Å². The maximum absolute atomic E-state index is 11.6. The summed E-state index contributed by atoms with van der Waals surface area (Å²) in [5.41, 5.74) is -2.03. The van der Waals surface area contributed by atoms with E-state index in [2.05, 4.69) is 16.1 Å². The van der Waals surface area contributed by atoms with Crippen molar-refractivity contribution < 1.29 is 23.9 Å². The van der Waals surface area contributed by atoms with Crippen LogP contribution in [0.1, 0.15) is 20.3 Å². The molecule has 0 aromatic rings. The van der Waals surface area contributed by atoms with E-state index in [1.807, 2.05) is 0 Å². The van der Waals surface area contributed by atoms with Gasteiger partial charge in [-0.15, -0.1) is 6.58 Å². The Hall–Kier alpha value is -1.65. The Morgan fingerprint density at radius 2 is 1.69 bits per heavy atom. The van der Waals surface area contributed by atoms with Gasteiger partial charge in [0, 0.05) is 0 Å². The Kier molecular flexibility index (Phi) is 6.07. The Bertz CT molecular complexity index is 264. The highest BCUT2D eigenvalue weighted by molar-refractivity contribution is 6.13. The molecule has 0 saturated carbocycles. The fraction of sp³-hybridized carbons (Fsp3) is 0.545. The first kappa shape index (κ1) is 14.3. The molecule has 5 heteroatoms. The molecule has 16 heavy (non-hydrogen) atoms. The number of carbonyl (C=O) groups is 2. The summed E-state index contributed by atoms with van der Waals surface area (Å²) >= 11 is 0. The molecule has 0 aliphatic heterocycles. The quantitative estimate of drug-likeness (QED) is 0.365. The number of rotatable bonds is 7. The first-order chi connectivity index (χ1) is 7.58. The lowest BCUT2D eigenvalue weighted by molar-refractivity contribution is -0.166. The van der Waals surface area contributed by atoms with E-state index in [4.69, 9.17) is 0 Å². The molecule has 0 aliphatic carbocycles.